The molecule has 10 nitrogen and oxygen atoms in total. The molecular weight excluding hydrogens is 486 g/mol. The van der Waals surface area contributed by atoms with Gasteiger partial charge in [-0.3, -0.25) is 19.5 Å². The Balaban J connectivity index is 1.99. The van der Waals surface area contributed by atoms with Crippen LogP contribution in [0, 0.1) is 10.1 Å². The SMILES string of the molecule is CCOC(=O)C1=C(C)N=c2s/c(=C\c3ccccc3[N+](=O)[O-])c(=O)n2[C@@H]1c1ccc(OC)c(OC)c1. The van der Waals surface area contributed by atoms with Crippen LogP contribution in [0.4, 0.5) is 5.69 Å². The van der Waals surface area contributed by atoms with E-state index in [0.717, 1.165) is 11.3 Å². The van der Waals surface area contributed by atoms with Crippen molar-refractivity contribution < 1.29 is 23.9 Å². The molecule has 36 heavy (non-hydrogen) atoms. The van der Waals surface area contributed by atoms with E-state index in [1.165, 1.54) is 30.9 Å². The molecule has 0 unspecified atom stereocenters. The number of hydrogen-bond acceptors (Lipinski definition) is 9. The van der Waals surface area contributed by atoms with Gasteiger partial charge in [0.25, 0.3) is 11.2 Å². The molecule has 0 saturated carbocycles. The van der Waals surface area contributed by atoms with E-state index in [-0.39, 0.29) is 28.0 Å². The molecule has 0 bridgehead atoms. The van der Waals surface area contributed by atoms with Crippen LogP contribution in [-0.2, 0) is 9.53 Å². The van der Waals surface area contributed by atoms with Crippen LogP contribution in [-0.4, -0.2) is 36.3 Å². The fourth-order valence-corrected chi connectivity index (χ4v) is 5.08. The average Bonchev–Trinajstić information content (AvgIpc) is 3.17. The quantitative estimate of drug-likeness (QED) is 0.273. The third-order valence-electron chi connectivity index (χ3n) is 5.66. The number of para-hydroxylation sites is 1. The Kier molecular flexibility index (Phi) is 7.02. The molecular formula is C25H23N3O7S. The Bertz CT molecular complexity index is 1570. The molecule has 2 heterocycles. The van der Waals surface area contributed by atoms with Gasteiger partial charge in [-0.2, -0.15) is 0 Å². The molecule has 3 aromatic rings. The highest BCUT2D eigenvalue weighted by Gasteiger charge is 2.34. The summed E-state index contributed by atoms with van der Waals surface area (Å²) < 4.78 is 17.7. The smallest absolute Gasteiger partial charge is 0.338 e. The number of nitro groups is 1. The summed E-state index contributed by atoms with van der Waals surface area (Å²) in [5, 5.41) is 11.5. The Labute approximate surface area is 209 Å². The lowest BCUT2D eigenvalue weighted by atomic mass is 9.95. The summed E-state index contributed by atoms with van der Waals surface area (Å²) in [4.78, 5) is 42.5. The van der Waals surface area contributed by atoms with E-state index in [4.69, 9.17) is 14.2 Å². The van der Waals surface area contributed by atoms with Crippen molar-refractivity contribution in [2.45, 2.75) is 19.9 Å². The van der Waals surface area contributed by atoms with E-state index in [0.29, 0.717) is 27.6 Å². The van der Waals surface area contributed by atoms with Crippen LogP contribution >= 0.6 is 11.3 Å². The number of carbonyl (C=O) groups excluding carboxylic acids is 1. The van der Waals surface area contributed by atoms with Crippen molar-refractivity contribution in [3.63, 3.8) is 0 Å². The number of benzene rings is 2. The summed E-state index contributed by atoms with van der Waals surface area (Å²) in [6.45, 7) is 3.52. The Morgan fingerprint density at radius 2 is 1.92 bits per heavy atom. The van der Waals surface area contributed by atoms with Crippen molar-refractivity contribution in [1.82, 2.24) is 4.57 Å². The van der Waals surface area contributed by atoms with Crippen LogP contribution in [0.1, 0.15) is 31.0 Å². The van der Waals surface area contributed by atoms with Gasteiger partial charge in [-0.25, -0.2) is 9.79 Å². The number of aromatic nitrogens is 1. The second-order valence-corrected chi connectivity index (χ2v) is 8.74. The lowest BCUT2D eigenvalue weighted by molar-refractivity contribution is -0.385. The summed E-state index contributed by atoms with van der Waals surface area (Å²) in [7, 11) is 3.00. The summed E-state index contributed by atoms with van der Waals surface area (Å²) >= 11 is 1.09. The molecule has 0 aliphatic carbocycles. The van der Waals surface area contributed by atoms with Crippen LogP contribution in [0.3, 0.4) is 0 Å². The lowest BCUT2D eigenvalue weighted by Crippen LogP contribution is -2.40. The summed E-state index contributed by atoms with van der Waals surface area (Å²) in [6, 6.07) is 10.4. The average molecular weight is 510 g/mol. The van der Waals surface area contributed by atoms with Gasteiger partial charge in [-0.15, -0.1) is 0 Å². The summed E-state index contributed by atoms with van der Waals surface area (Å²) in [6.07, 6.45) is 1.47. The molecule has 1 aliphatic rings. The molecule has 11 heteroatoms. The number of allylic oxidation sites excluding steroid dienone is 1. The largest absolute Gasteiger partial charge is 0.493 e. The van der Waals surface area contributed by atoms with Crippen LogP contribution in [0.25, 0.3) is 6.08 Å². The first-order chi connectivity index (χ1) is 17.3. The minimum Gasteiger partial charge on any atom is -0.493 e. The van der Waals surface area contributed by atoms with Crippen LogP contribution in [0.2, 0.25) is 0 Å². The highest BCUT2D eigenvalue weighted by Crippen LogP contribution is 2.36. The second-order valence-electron chi connectivity index (χ2n) is 7.73. The molecule has 186 valence electrons. The van der Waals surface area contributed by atoms with E-state index >= 15 is 0 Å². The second kappa shape index (κ2) is 10.2. The summed E-state index contributed by atoms with van der Waals surface area (Å²) in [5.74, 6) is 0.324. The van der Waals surface area contributed by atoms with Gasteiger partial charge in [-0.1, -0.05) is 29.5 Å². The molecule has 0 N–H and O–H groups in total. The van der Waals surface area contributed by atoms with Gasteiger partial charge in [0.2, 0.25) is 0 Å². The zero-order chi connectivity index (χ0) is 26.0. The standard InChI is InChI=1S/C25H23N3O7S/c1-5-35-24(30)21-14(2)26-25-27(22(21)16-10-11-18(33-3)19(12-16)34-4)23(29)20(36-25)13-15-8-6-7-9-17(15)28(31)32/h6-13,22H,5H2,1-4H3/b20-13-/t22-/m1/s1. The molecule has 0 fully saturated rings. The minimum atomic E-state index is -0.854. The topological polar surface area (TPSA) is 122 Å². The van der Waals surface area contributed by atoms with Crippen molar-refractivity contribution in [3.8, 4) is 11.5 Å². The number of hydrogen-bond donors (Lipinski definition) is 0. The third-order valence-corrected chi connectivity index (χ3v) is 6.64. The van der Waals surface area contributed by atoms with E-state index in [9.17, 15) is 19.7 Å². The maximum absolute atomic E-state index is 13.7. The van der Waals surface area contributed by atoms with Crippen molar-refractivity contribution >= 4 is 29.1 Å². The normalized spacial score (nSPS) is 15.2. The Hall–Kier alpha value is -4.25. The Morgan fingerprint density at radius 1 is 1.19 bits per heavy atom. The van der Waals surface area contributed by atoms with Crippen LogP contribution in [0.5, 0.6) is 11.5 Å². The van der Waals surface area contributed by atoms with Gasteiger partial charge in [0.1, 0.15) is 0 Å². The van der Waals surface area contributed by atoms with E-state index < -0.39 is 22.5 Å². The van der Waals surface area contributed by atoms with Crippen molar-refractivity contribution in [2.24, 2.45) is 4.99 Å². The van der Waals surface area contributed by atoms with Gasteiger partial charge in [0.05, 0.1) is 53.2 Å². The fourth-order valence-electron chi connectivity index (χ4n) is 4.05. The number of nitrogens with zero attached hydrogens (tertiary/aromatic N) is 3. The number of rotatable bonds is 7. The van der Waals surface area contributed by atoms with Crippen molar-refractivity contribution in [2.75, 3.05) is 20.8 Å². The molecule has 0 amide bonds. The van der Waals surface area contributed by atoms with Crippen molar-refractivity contribution in [3.05, 3.63) is 94.7 Å². The zero-order valence-corrected chi connectivity index (χ0v) is 20.8. The number of ether oxygens (including phenoxy) is 3. The predicted molar refractivity (Wildman–Crippen MR) is 133 cm³/mol. The molecule has 2 aromatic carbocycles. The number of thiazole rings is 1. The van der Waals surface area contributed by atoms with Crippen molar-refractivity contribution in [1.29, 1.82) is 0 Å². The van der Waals surface area contributed by atoms with Gasteiger partial charge >= 0.3 is 5.97 Å². The number of methoxy groups -OCH3 is 2. The monoisotopic (exact) mass is 509 g/mol. The van der Waals surface area contributed by atoms with Gasteiger partial charge in [0.15, 0.2) is 16.3 Å². The first-order valence-corrected chi connectivity index (χ1v) is 11.8. The molecule has 0 saturated heterocycles. The maximum atomic E-state index is 13.7. The number of fused-ring (bicyclic) bond motifs is 1. The molecule has 1 atom stereocenters. The molecule has 0 radical (unpaired) electrons. The first-order valence-electron chi connectivity index (χ1n) is 11.0. The van der Waals surface area contributed by atoms with Gasteiger partial charge in [0, 0.05) is 6.07 Å². The van der Waals surface area contributed by atoms with E-state index in [1.54, 1.807) is 50.2 Å². The van der Waals surface area contributed by atoms with E-state index in [2.05, 4.69) is 4.99 Å². The number of nitro benzene ring substituents is 1. The molecule has 1 aliphatic heterocycles. The molecule has 0 spiro atoms. The minimum absolute atomic E-state index is 0.122. The fraction of sp³-hybridized carbons (Fsp3) is 0.240. The number of esters is 1. The Morgan fingerprint density at radius 3 is 2.58 bits per heavy atom. The molecule has 1 aromatic heterocycles. The van der Waals surface area contributed by atoms with Gasteiger partial charge < -0.3 is 14.2 Å². The lowest BCUT2D eigenvalue weighted by Gasteiger charge is -2.25. The first kappa shape index (κ1) is 24.9. The summed E-state index contributed by atoms with van der Waals surface area (Å²) in [5.41, 5.74) is 0.940. The highest BCUT2D eigenvalue weighted by atomic mass is 32.1. The molecule has 4 rings (SSSR count). The highest BCUT2D eigenvalue weighted by molar-refractivity contribution is 7.07. The third kappa shape index (κ3) is 4.40. The number of carbonyl (C=O) groups is 1. The van der Waals surface area contributed by atoms with E-state index in [1.807, 2.05) is 0 Å². The zero-order valence-electron chi connectivity index (χ0n) is 20.0. The predicted octanol–water partition coefficient (Wildman–Crippen LogP) is 2.72. The van der Waals surface area contributed by atoms with Gasteiger partial charge in [-0.05, 0) is 43.7 Å². The van der Waals surface area contributed by atoms with Crippen LogP contribution in [0.15, 0.2) is 63.5 Å². The maximum Gasteiger partial charge on any atom is 0.338 e. The van der Waals surface area contributed by atoms with Crippen LogP contribution < -0.4 is 24.4 Å².